The fraction of sp³-hybridized carbons (Fsp3) is 0.0667. The minimum Gasteiger partial charge on any atom is -0.354 e. The number of carbonyl (C=O) groups is 1. The third-order valence-corrected chi connectivity index (χ3v) is 3.91. The first-order chi connectivity index (χ1) is 10.5. The lowest BCUT2D eigenvalue weighted by Gasteiger charge is -2.04. The number of rotatable bonds is 2. The van der Waals surface area contributed by atoms with Gasteiger partial charge in [0.2, 0.25) is 0 Å². The zero-order valence-corrected chi connectivity index (χ0v) is 13.1. The number of hydrogen-bond acceptors (Lipinski definition) is 2. The predicted octanol–water partition coefficient (Wildman–Crippen LogP) is 2.56. The number of pyridine rings is 1. The minimum atomic E-state index is -0.362. The van der Waals surface area contributed by atoms with E-state index >= 15 is 0 Å². The Morgan fingerprint density at radius 3 is 2.64 bits per heavy atom. The lowest BCUT2D eigenvalue weighted by atomic mass is 10.1. The monoisotopic (exact) mass is 363 g/mol. The number of H-pyrrole nitrogens is 1. The Balaban J connectivity index is 2.35. The maximum atomic E-state index is 13.1. The highest BCUT2D eigenvalue weighted by molar-refractivity contribution is 9.10. The maximum absolute atomic E-state index is 13.1. The van der Waals surface area contributed by atoms with Gasteiger partial charge in [-0.15, -0.1) is 0 Å². The van der Waals surface area contributed by atoms with Crippen molar-refractivity contribution in [1.29, 1.82) is 0 Å². The van der Waals surface area contributed by atoms with Gasteiger partial charge in [0.25, 0.3) is 5.91 Å². The minimum absolute atomic E-state index is 0.199. The summed E-state index contributed by atoms with van der Waals surface area (Å²) in [6, 6.07) is 7.16. The summed E-state index contributed by atoms with van der Waals surface area (Å²) in [4.78, 5) is 27.0. The first-order valence-corrected chi connectivity index (χ1v) is 7.22. The van der Waals surface area contributed by atoms with Crippen LogP contribution in [0.1, 0.15) is 10.5 Å². The van der Waals surface area contributed by atoms with Gasteiger partial charge in [-0.2, -0.15) is 0 Å². The van der Waals surface area contributed by atoms with Crippen LogP contribution in [0.25, 0.3) is 16.9 Å². The molecule has 5 nitrogen and oxygen atoms in total. The number of imidazole rings is 1. The van der Waals surface area contributed by atoms with Crippen molar-refractivity contribution in [2.75, 3.05) is 7.05 Å². The number of fused-ring (bicyclic) bond motifs is 1. The van der Waals surface area contributed by atoms with Crippen molar-refractivity contribution in [3.8, 4) is 11.3 Å². The van der Waals surface area contributed by atoms with E-state index in [9.17, 15) is 14.0 Å². The summed E-state index contributed by atoms with van der Waals surface area (Å²) in [5, 5.41) is 2.57. The largest absolute Gasteiger partial charge is 0.354 e. The number of nitrogens with one attached hydrogen (secondary N) is 2. The second-order valence-corrected chi connectivity index (χ2v) is 5.53. The molecule has 0 spiro atoms. The van der Waals surface area contributed by atoms with Gasteiger partial charge < -0.3 is 10.3 Å². The molecule has 112 valence electrons. The maximum Gasteiger partial charge on any atom is 0.270 e. The van der Waals surface area contributed by atoms with Crippen LogP contribution in [0.15, 0.2) is 45.8 Å². The van der Waals surface area contributed by atoms with Crippen LogP contribution in [0.5, 0.6) is 0 Å². The molecule has 0 atom stereocenters. The Kier molecular flexibility index (Phi) is 3.58. The summed E-state index contributed by atoms with van der Waals surface area (Å²) in [5.74, 6) is -0.681. The average molecular weight is 364 g/mol. The molecule has 0 aliphatic heterocycles. The highest BCUT2D eigenvalue weighted by Gasteiger charge is 2.19. The summed E-state index contributed by atoms with van der Waals surface area (Å²) in [6.45, 7) is 0. The SMILES string of the molecule is CNC(=O)c1c(-c2ccc(F)cc2)[nH]c2cc(=O)c(Br)cn12. The van der Waals surface area contributed by atoms with Crippen LogP contribution >= 0.6 is 15.9 Å². The van der Waals surface area contributed by atoms with Crippen molar-refractivity contribution >= 4 is 27.5 Å². The van der Waals surface area contributed by atoms with Gasteiger partial charge in [0.15, 0.2) is 5.43 Å². The quantitative estimate of drug-likeness (QED) is 0.734. The van der Waals surface area contributed by atoms with Crippen molar-refractivity contribution in [1.82, 2.24) is 14.7 Å². The number of hydrogen-bond donors (Lipinski definition) is 2. The molecule has 7 heteroatoms. The molecule has 0 unspecified atom stereocenters. The van der Waals surface area contributed by atoms with Gasteiger partial charge in [-0.25, -0.2) is 4.39 Å². The fourth-order valence-electron chi connectivity index (χ4n) is 2.26. The molecule has 0 fully saturated rings. The molecule has 2 heterocycles. The number of nitrogens with zero attached hydrogens (tertiary/aromatic N) is 1. The van der Waals surface area contributed by atoms with E-state index in [1.54, 1.807) is 16.5 Å². The molecular weight excluding hydrogens is 353 g/mol. The third-order valence-electron chi connectivity index (χ3n) is 3.31. The summed E-state index contributed by atoms with van der Waals surface area (Å²) < 4.78 is 15.0. The molecule has 2 aromatic heterocycles. The second-order valence-electron chi connectivity index (χ2n) is 4.68. The van der Waals surface area contributed by atoms with Gasteiger partial charge in [0.05, 0.1) is 10.2 Å². The Bertz CT molecular complexity index is 928. The van der Waals surface area contributed by atoms with Gasteiger partial charge in [-0.3, -0.25) is 14.0 Å². The lowest BCUT2D eigenvalue weighted by Crippen LogP contribution is -2.21. The number of amides is 1. The second kappa shape index (κ2) is 5.42. The van der Waals surface area contributed by atoms with Crippen molar-refractivity contribution in [2.45, 2.75) is 0 Å². The number of aromatic nitrogens is 2. The summed E-state index contributed by atoms with van der Waals surface area (Å²) in [6.07, 6.45) is 1.53. The van der Waals surface area contributed by atoms with Crippen LogP contribution in [0.3, 0.4) is 0 Å². The van der Waals surface area contributed by atoms with E-state index in [1.165, 1.54) is 31.4 Å². The van der Waals surface area contributed by atoms with Crippen molar-refractivity contribution in [3.63, 3.8) is 0 Å². The molecule has 3 rings (SSSR count). The van der Waals surface area contributed by atoms with E-state index in [0.29, 0.717) is 27.1 Å². The lowest BCUT2D eigenvalue weighted by molar-refractivity contribution is 0.0958. The molecular formula is C15H11BrFN3O2. The molecule has 0 radical (unpaired) electrons. The zero-order valence-electron chi connectivity index (χ0n) is 11.5. The van der Waals surface area contributed by atoms with Crippen LogP contribution < -0.4 is 10.7 Å². The Labute approximate surface area is 132 Å². The van der Waals surface area contributed by atoms with E-state index in [2.05, 4.69) is 26.2 Å². The molecule has 3 aromatic rings. The summed E-state index contributed by atoms with van der Waals surface area (Å²) >= 11 is 3.17. The van der Waals surface area contributed by atoms with Gasteiger partial charge in [0.1, 0.15) is 17.2 Å². The smallest absolute Gasteiger partial charge is 0.270 e. The first-order valence-electron chi connectivity index (χ1n) is 6.43. The topological polar surface area (TPSA) is 66.4 Å². The van der Waals surface area contributed by atoms with E-state index in [-0.39, 0.29) is 17.2 Å². The Morgan fingerprint density at radius 2 is 2.00 bits per heavy atom. The molecule has 0 aliphatic rings. The van der Waals surface area contributed by atoms with E-state index in [4.69, 9.17) is 0 Å². The number of benzene rings is 1. The molecule has 1 aromatic carbocycles. The van der Waals surface area contributed by atoms with Gasteiger partial charge in [-0.05, 0) is 40.2 Å². The average Bonchev–Trinajstić information content (AvgIpc) is 2.86. The number of carbonyl (C=O) groups excluding carboxylic acids is 1. The number of halogens is 2. The Morgan fingerprint density at radius 1 is 1.32 bits per heavy atom. The first kappa shape index (κ1) is 14.5. The molecule has 1 amide bonds. The molecule has 2 N–H and O–H groups in total. The number of aromatic amines is 1. The van der Waals surface area contributed by atoms with Gasteiger partial charge in [0, 0.05) is 24.9 Å². The highest BCUT2D eigenvalue weighted by Crippen LogP contribution is 2.25. The van der Waals surface area contributed by atoms with Crippen molar-refractivity contribution in [3.05, 3.63) is 62.7 Å². The highest BCUT2D eigenvalue weighted by atomic mass is 79.9. The van der Waals surface area contributed by atoms with Crippen LogP contribution in [0.4, 0.5) is 4.39 Å². The molecule has 0 saturated heterocycles. The Hall–Kier alpha value is -2.41. The van der Waals surface area contributed by atoms with E-state index < -0.39 is 0 Å². The van der Waals surface area contributed by atoms with Gasteiger partial charge >= 0.3 is 0 Å². The van der Waals surface area contributed by atoms with Crippen LogP contribution in [-0.2, 0) is 0 Å². The molecule has 0 aliphatic carbocycles. The zero-order chi connectivity index (χ0) is 15.9. The molecule has 22 heavy (non-hydrogen) atoms. The summed E-state index contributed by atoms with van der Waals surface area (Å²) in [7, 11) is 1.52. The fourth-order valence-corrected chi connectivity index (χ4v) is 2.58. The van der Waals surface area contributed by atoms with Crippen molar-refractivity contribution in [2.24, 2.45) is 0 Å². The summed E-state index contributed by atoms with van der Waals surface area (Å²) in [5.41, 5.74) is 1.77. The normalized spacial score (nSPS) is 10.9. The molecule has 0 bridgehead atoms. The van der Waals surface area contributed by atoms with Crippen LogP contribution in [-0.4, -0.2) is 22.3 Å². The van der Waals surface area contributed by atoms with Crippen molar-refractivity contribution < 1.29 is 9.18 Å². The third kappa shape index (κ3) is 2.33. The van der Waals surface area contributed by atoms with Gasteiger partial charge in [-0.1, -0.05) is 0 Å². The van der Waals surface area contributed by atoms with E-state index in [1.807, 2.05) is 0 Å². The predicted molar refractivity (Wildman–Crippen MR) is 84.5 cm³/mol. The van der Waals surface area contributed by atoms with Crippen LogP contribution in [0, 0.1) is 5.82 Å². The standard InChI is InChI=1S/C15H11BrFN3O2/c1-18-15(22)14-13(8-2-4-9(17)5-3-8)19-12-6-11(21)10(16)7-20(12)14/h2-7,19H,1H3,(H,18,22). The van der Waals surface area contributed by atoms with Crippen LogP contribution in [0.2, 0.25) is 0 Å². The van der Waals surface area contributed by atoms with E-state index in [0.717, 1.165) is 0 Å². The molecule has 0 saturated carbocycles.